The number of esters is 1. The van der Waals surface area contributed by atoms with E-state index in [9.17, 15) is 14.7 Å². The van der Waals surface area contributed by atoms with Crippen LogP contribution in [-0.2, 0) is 20.9 Å². The molecule has 27 heavy (non-hydrogen) atoms. The summed E-state index contributed by atoms with van der Waals surface area (Å²) in [6, 6.07) is 14.8. The van der Waals surface area contributed by atoms with E-state index in [1.807, 2.05) is 30.3 Å². The number of carbonyl (C=O) groups excluding carboxylic acids is 2. The highest BCUT2D eigenvalue weighted by Gasteiger charge is 2.30. The lowest BCUT2D eigenvalue weighted by atomic mass is 10.0. The molecule has 0 aliphatic rings. The molecule has 0 aliphatic carbocycles. The Morgan fingerprint density at radius 3 is 2.30 bits per heavy atom. The average molecular weight is 373 g/mol. The summed E-state index contributed by atoms with van der Waals surface area (Å²) in [5, 5.41) is 12.9. The Hall–Kier alpha value is -3.06. The summed E-state index contributed by atoms with van der Waals surface area (Å²) < 4.78 is 15.1. The lowest BCUT2D eigenvalue weighted by molar-refractivity contribution is -0.154. The maximum atomic E-state index is 12.2. The Morgan fingerprint density at radius 2 is 1.70 bits per heavy atom. The summed E-state index contributed by atoms with van der Waals surface area (Å²) >= 11 is 0. The van der Waals surface area contributed by atoms with Crippen molar-refractivity contribution in [1.29, 1.82) is 0 Å². The summed E-state index contributed by atoms with van der Waals surface area (Å²) in [6.45, 7) is 1.82. The highest BCUT2D eigenvalue weighted by atomic mass is 16.6. The van der Waals surface area contributed by atoms with E-state index < -0.39 is 24.2 Å². The first-order valence-corrected chi connectivity index (χ1v) is 8.51. The molecule has 0 fully saturated rings. The molecule has 7 nitrogen and oxygen atoms in total. The highest BCUT2D eigenvalue weighted by molar-refractivity contribution is 5.77. The SMILES string of the molecule is CCOC(=O)[C@@H](O)C(NC(=O)OCc1ccccc1)c1ccc(OC)cc1. The fraction of sp³-hybridized carbons (Fsp3) is 0.300. The van der Waals surface area contributed by atoms with Crippen LogP contribution in [0.25, 0.3) is 0 Å². The lowest BCUT2D eigenvalue weighted by Gasteiger charge is -2.23. The first-order valence-electron chi connectivity index (χ1n) is 8.51. The van der Waals surface area contributed by atoms with Crippen molar-refractivity contribution in [3.63, 3.8) is 0 Å². The molecule has 2 rings (SSSR count). The molecule has 0 heterocycles. The molecule has 2 aromatic carbocycles. The van der Waals surface area contributed by atoms with Crippen molar-refractivity contribution < 1.29 is 28.9 Å². The smallest absolute Gasteiger partial charge is 0.408 e. The maximum absolute atomic E-state index is 12.2. The van der Waals surface area contributed by atoms with E-state index >= 15 is 0 Å². The minimum absolute atomic E-state index is 0.0670. The number of rotatable bonds is 8. The lowest BCUT2D eigenvalue weighted by Crippen LogP contribution is -2.41. The average Bonchev–Trinajstić information content (AvgIpc) is 2.71. The fourth-order valence-electron chi connectivity index (χ4n) is 2.41. The quantitative estimate of drug-likeness (QED) is 0.691. The molecule has 7 heteroatoms. The van der Waals surface area contributed by atoms with Crippen molar-refractivity contribution in [2.45, 2.75) is 25.7 Å². The van der Waals surface area contributed by atoms with Crippen molar-refractivity contribution in [3.05, 3.63) is 65.7 Å². The van der Waals surface area contributed by atoms with Crippen molar-refractivity contribution in [3.8, 4) is 5.75 Å². The van der Waals surface area contributed by atoms with Gasteiger partial charge in [0.2, 0.25) is 0 Å². The van der Waals surface area contributed by atoms with Gasteiger partial charge < -0.3 is 24.6 Å². The van der Waals surface area contributed by atoms with Gasteiger partial charge in [0.1, 0.15) is 12.4 Å². The Labute approximate surface area is 157 Å². The van der Waals surface area contributed by atoms with Crippen LogP contribution in [0, 0.1) is 0 Å². The van der Waals surface area contributed by atoms with E-state index in [1.165, 1.54) is 7.11 Å². The largest absolute Gasteiger partial charge is 0.497 e. The monoisotopic (exact) mass is 373 g/mol. The van der Waals surface area contributed by atoms with Crippen molar-refractivity contribution in [2.75, 3.05) is 13.7 Å². The summed E-state index contributed by atoms with van der Waals surface area (Å²) in [5.41, 5.74) is 1.33. The third-order valence-corrected chi connectivity index (χ3v) is 3.80. The third-order valence-electron chi connectivity index (χ3n) is 3.80. The normalized spacial score (nSPS) is 12.6. The molecular weight excluding hydrogens is 350 g/mol. The molecule has 0 saturated carbocycles. The molecule has 1 amide bonds. The number of nitrogens with one attached hydrogen (secondary N) is 1. The van der Waals surface area contributed by atoms with Crippen molar-refractivity contribution >= 4 is 12.1 Å². The second-order valence-corrected chi connectivity index (χ2v) is 5.65. The third kappa shape index (κ3) is 6.00. The van der Waals surface area contributed by atoms with Crippen molar-refractivity contribution in [2.24, 2.45) is 0 Å². The minimum atomic E-state index is -1.58. The van der Waals surface area contributed by atoms with Crippen LogP contribution in [0.3, 0.4) is 0 Å². The Balaban J connectivity index is 2.10. The zero-order valence-corrected chi connectivity index (χ0v) is 15.3. The van der Waals surface area contributed by atoms with Gasteiger partial charge in [-0.15, -0.1) is 0 Å². The highest BCUT2D eigenvalue weighted by Crippen LogP contribution is 2.22. The summed E-state index contributed by atoms with van der Waals surface area (Å²) in [7, 11) is 1.53. The van der Waals surface area contributed by atoms with E-state index in [2.05, 4.69) is 5.32 Å². The van der Waals surface area contributed by atoms with Gasteiger partial charge in [0.25, 0.3) is 0 Å². The molecule has 0 saturated heterocycles. The van der Waals surface area contributed by atoms with Crippen molar-refractivity contribution in [1.82, 2.24) is 5.32 Å². The van der Waals surface area contributed by atoms with Gasteiger partial charge in [-0.1, -0.05) is 42.5 Å². The van der Waals surface area contributed by atoms with Gasteiger partial charge in [-0.3, -0.25) is 0 Å². The number of carbonyl (C=O) groups is 2. The molecule has 2 atom stereocenters. The zero-order chi connectivity index (χ0) is 19.6. The summed E-state index contributed by atoms with van der Waals surface area (Å²) in [6.07, 6.45) is -2.34. The van der Waals surface area contributed by atoms with Gasteiger partial charge in [0.05, 0.1) is 19.8 Å². The number of methoxy groups -OCH3 is 1. The molecule has 2 aromatic rings. The molecule has 0 radical (unpaired) electrons. The number of aliphatic hydroxyl groups excluding tert-OH is 1. The molecule has 0 aromatic heterocycles. The van der Waals surface area contributed by atoms with Crippen LogP contribution in [0.1, 0.15) is 24.1 Å². The van der Waals surface area contributed by atoms with Crippen LogP contribution in [-0.4, -0.2) is 37.0 Å². The van der Waals surface area contributed by atoms with E-state index in [1.54, 1.807) is 31.2 Å². The maximum Gasteiger partial charge on any atom is 0.408 e. The number of amides is 1. The van der Waals surface area contributed by atoms with E-state index in [-0.39, 0.29) is 13.2 Å². The molecule has 2 N–H and O–H groups in total. The van der Waals surface area contributed by atoms with Gasteiger partial charge in [0, 0.05) is 0 Å². The Bertz CT molecular complexity index is 732. The van der Waals surface area contributed by atoms with E-state index in [0.717, 1.165) is 5.56 Å². The molecule has 0 bridgehead atoms. The second-order valence-electron chi connectivity index (χ2n) is 5.65. The Kier molecular flexibility index (Phi) is 7.63. The molecule has 0 spiro atoms. The molecule has 0 aliphatic heterocycles. The zero-order valence-electron chi connectivity index (χ0n) is 15.3. The number of hydrogen-bond donors (Lipinski definition) is 2. The van der Waals surface area contributed by atoms with E-state index in [4.69, 9.17) is 14.2 Å². The topological polar surface area (TPSA) is 94.1 Å². The standard InChI is InChI=1S/C20H23NO6/c1-3-26-19(23)18(22)17(15-9-11-16(25-2)12-10-15)21-20(24)27-13-14-7-5-4-6-8-14/h4-12,17-18,22H,3,13H2,1-2H3,(H,21,24)/t17?,18-/m0/s1. The van der Waals surface area contributed by atoms with Gasteiger partial charge in [-0.25, -0.2) is 9.59 Å². The first kappa shape index (κ1) is 20.3. The van der Waals surface area contributed by atoms with Gasteiger partial charge in [-0.2, -0.15) is 0 Å². The first-order chi connectivity index (χ1) is 13.0. The molecular formula is C20H23NO6. The van der Waals surface area contributed by atoms with Crippen LogP contribution >= 0.6 is 0 Å². The van der Waals surface area contributed by atoms with Crippen LogP contribution in [0.2, 0.25) is 0 Å². The number of hydrogen-bond acceptors (Lipinski definition) is 6. The predicted molar refractivity (Wildman–Crippen MR) is 98.1 cm³/mol. The molecule has 144 valence electrons. The fourth-order valence-corrected chi connectivity index (χ4v) is 2.41. The van der Waals surface area contributed by atoms with Gasteiger partial charge in [-0.05, 0) is 30.2 Å². The Morgan fingerprint density at radius 1 is 1.04 bits per heavy atom. The van der Waals surface area contributed by atoms with Gasteiger partial charge in [0.15, 0.2) is 6.10 Å². The van der Waals surface area contributed by atoms with E-state index in [0.29, 0.717) is 11.3 Å². The predicted octanol–water partition coefficient (Wildman–Crippen LogP) is 2.59. The van der Waals surface area contributed by atoms with Crippen LogP contribution in [0.5, 0.6) is 5.75 Å². The summed E-state index contributed by atoms with van der Waals surface area (Å²) in [4.78, 5) is 24.1. The number of aliphatic hydroxyl groups is 1. The number of alkyl carbamates (subject to hydrolysis) is 1. The van der Waals surface area contributed by atoms with Crippen LogP contribution in [0.15, 0.2) is 54.6 Å². The second kappa shape index (κ2) is 10.2. The summed E-state index contributed by atoms with van der Waals surface area (Å²) in [5.74, 6) is -0.226. The molecule has 1 unspecified atom stereocenters. The number of benzene rings is 2. The van der Waals surface area contributed by atoms with Crippen LogP contribution in [0.4, 0.5) is 4.79 Å². The minimum Gasteiger partial charge on any atom is -0.497 e. The van der Waals surface area contributed by atoms with Crippen LogP contribution < -0.4 is 10.1 Å². The number of ether oxygens (including phenoxy) is 3. The van der Waals surface area contributed by atoms with Gasteiger partial charge >= 0.3 is 12.1 Å².